The largest absolute Gasteiger partial charge is 0.481 e. The molecule has 2 aromatic rings. The van der Waals surface area contributed by atoms with Gasteiger partial charge in [0.15, 0.2) is 0 Å². The summed E-state index contributed by atoms with van der Waals surface area (Å²) in [5, 5.41) is 26.5. The number of carboxylic acid groups (broad SMARTS) is 2. The molecule has 3 unspecified atom stereocenters. The van der Waals surface area contributed by atoms with Gasteiger partial charge in [0.25, 0.3) is 0 Å². The number of aromatic nitrogens is 1. The quantitative estimate of drug-likeness (QED) is 0.175. The molecule has 190 valence electrons. The number of hydrogen-bond donors (Lipinski definition) is 7. The number of thioether (sulfide) groups is 1. The van der Waals surface area contributed by atoms with E-state index in [1.54, 1.807) is 12.5 Å². The molecule has 0 aliphatic rings. The Morgan fingerprint density at radius 2 is 1.66 bits per heavy atom. The van der Waals surface area contributed by atoms with Crippen LogP contribution in [-0.2, 0) is 30.4 Å². The molecule has 12 nitrogen and oxygen atoms in total. The molecule has 0 saturated heterocycles. The van der Waals surface area contributed by atoms with Gasteiger partial charge in [-0.2, -0.15) is 11.8 Å². The Morgan fingerprint density at radius 1 is 1.00 bits per heavy atom. The van der Waals surface area contributed by atoms with Crippen molar-refractivity contribution in [3.63, 3.8) is 0 Å². The molecule has 0 aliphatic carbocycles. The second-order valence-corrected chi connectivity index (χ2v) is 8.71. The van der Waals surface area contributed by atoms with Crippen LogP contribution in [0.1, 0.15) is 18.4 Å². The molecule has 0 radical (unpaired) electrons. The number of para-hydroxylation sites is 1. The Morgan fingerprint density at radius 3 is 2.29 bits per heavy atom. The molecule has 2 rings (SSSR count). The van der Waals surface area contributed by atoms with Crippen molar-refractivity contribution in [2.75, 3.05) is 18.6 Å². The van der Waals surface area contributed by atoms with E-state index in [1.165, 1.54) is 11.8 Å². The van der Waals surface area contributed by atoms with Crippen molar-refractivity contribution >= 4 is 52.3 Å². The first-order valence-electron chi connectivity index (χ1n) is 10.7. The van der Waals surface area contributed by atoms with E-state index < -0.39 is 54.2 Å². The molecule has 0 aliphatic heterocycles. The van der Waals surface area contributed by atoms with Crippen LogP contribution in [0.3, 0.4) is 0 Å². The molecular weight excluding hydrogens is 478 g/mol. The number of carboxylic acids is 2. The Hall–Kier alpha value is -3.58. The maximum atomic E-state index is 13.1. The summed E-state index contributed by atoms with van der Waals surface area (Å²) in [5.74, 6) is -4.59. The summed E-state index contributed by atoms with van der Waals surface area (Å²) in [5.41, 5.74) is 6.90. The number of amides is 3. The first-order chi connectivity index (χ1) is 16.7. The van der Waals surface area contributed by atoms with Gasteiger partial charge in [0, 0.05) is 23.5 Å². The molecular formula is C22H29N5O7S. The molecule has 8 N–H and O–H groups in total. The molecule has 0 bridgehead atoms. The van der Waals surface area contributed by atoms with Gasteiger partial charge in [0.1, 0.15) is 18.1 Å². The van der Waals surface area contributed by atoms with E-state index >= 15 is 0 Å². The second-order valence-electron chi connectivity index (χ2n) is 7.73. The summed E-state index contributed by atoms with van der Waals surface area (Å²) in [4.78, 5) is 63.6. The van der Waals surface area contributed by atoms with E-state index in [2.05, 4.69) is 20.9 Å². The Balaban J connectivity index is 2.22. The fourth-order valence-corrected chi connectivity index (χ4v) is 3.88. The number of hydrogen-bond acceptors (Lipinski definition) is 7. The van der Waals surface area contributed by atoms with Gasteiger partial charge < -0.3 is 36.9 Å². The standard InChI is InChI=1S/C22H29N5O7S/c1-35-7-6-15(22(33)34)26-21(32)17(9-19(29)30)27-20(31)16(25-18(28)10-23)8-12-11-24-14-5-3-2-4-13(12)14/h2-5,11,15-17,24H,6-10,23H2,1H3,(H,25,28)(H,26,32)(H,27,31)(H,29,30)(H,33,34). The summed E-state index contributed by atoms with van der Waals surface area (Å²) < 4.78 is 0. The minimum absolute atomic E-state index is 0.0362. The number of rotatable bonds is 14. The van der Waals surface area contributed by atoms with Crippen molar-refractivity contribution in [3.8, 4) is 0 Å². The predicted molar refractivity (Wildman–Crippen MR) is 130 cm³/mol. The maximum absolute atomic E-state index is 13.1. The van der Waals surface area contributed by atoms with Crippen LogP contribution in [-0.4, -0.2) is 81.5 Å². The average molecular weight is 508 g/mol. The van der Waals surface area contributed by atoms with Crippen molar-refractivity contribution in [2.45, 2.75) is 37.4 Å². The van der Waals surface area contributed by atoms with Crippen LogP contribution >= 0.6 is 11.8 Å². The zero-order valence-electron chi connectivity index (χ0n) is 19.1. The van der Waals surface area contributed by atoms with Crippen molar-refractivity contribution in [1.29, 1.82) is 0 Å². The van der Waals surface area contributed by atoms with Gasteiger partial charge >= 0.3 is 11.9 Å². The number of H-pyrrole nitrogens is 1. The monoisotopic (exact) mass is 507 g/mol. The summed E-state index contributed by atoms with van der Waals surface area (Å²) in [7, 11) is 0. The normalized spacial score (nSPS) is 13.4. The highest BCUT2D eigenvalue weighted by Gasteiger charge is 2.31. The molecule has 3 amide bonds. The summed E-state index contributed by atoms with van der Waals surface area (Å²) in [6.45, 7) is -0.383. The van der Waals surface area contributed by atoms with Gasteiger partial charge in [0.2, 0.25) is 17.7 Å². The van der Waals surface area contributed by atoms with E-state index in [9.17, 15) is 34.2 Å². The number of carbonyl (C=O) groups is 5. The Kier molecular flexibility index (Phi) is 10.5. The molecule has 35 heavy (non-hydrogen) atoms. The van der Waals surface area contributed by atoms with Gasteiger partial charge in [0.05, 0.1) is 13.0 Å². The van der Waals surface area contributed by atoms with Gasteiger partial charge in [-0.3, -0.25) is 19.2 Å². The predicted octanol–water partition coefficient (Wildman–Crippen LogP) is -0.564. The highest BCUT2D eigenvalue weighted by atomic mass is 32.2. The number of aliphatic carboxylic acids is 2. The van der Waals surface area contributed by atoms with Crippen molar-refractivity contribution in [2.24, 2.45) is 5.73 Å². The second kappa shape index (κ2) is 13.3. The highest BCUT2D eigenvalue weighted by molar-refractivity contribution is 7.98. The minimum atomic E-state index is -1.56. The SMILES string of the molecule is CSCCC(NC(=O)C(CC(=O)O)NC(=O)C(Cc1c[nH]c2ccccc12)NC(=O)CN)C(=O)O. The van der Waals surface area contributed by atoms with Gasteiger partial charge in [-0.15, -0.1) is 0 Å². The lowest BCUT2D eigenvalue weighted by Crippen LogP contribution is -2.57. The molecule has 0 fully saturated rings. The molecule has 3 atom stereocenters. The van der Waals surface area contributed by atoms with Crippen LogP contribution < -0.4 is 21.7 Å². The minimum Gasteiger partial charge on any atom is -0.481 e. The third kappa shape index (κ3) is 8.30. The van der Waals surface area contributed by atoms with Crippen molar-refractivity contribution in [3.05, 3.63) is 36.0 Å². The van der Waals surface area contributed by atoms with Crippen molar-refractivity contribution < 1.29 is 34.2 Å². The smallest absolute Gasteiger partial charge is 0.326 e. The third-order valence-corrected chi connectivity index (χ3v) is 5.82. The lowest BCUT2D eigenvalue weighted by Gasteiger charge is -2.23. The number of fused-ring (bicyclic) bond motifs is 1. The maximum Gasteiger partial charge on any atom is 0.326 e. The number of benzene rings is 1. The zero-order chi connectivity index (χ0) is 26.0. The summed E-state index contributed by atoms with van der Waals surface area (Å²) >= 11 is 1.39. The highest BCUT2D eigenvalue weighted by Crippen LogP contribution is 2.19. The van der Waals surface area contributed by atoms with Crippen LogP contribution in [0.15, 0.2) is 30.5 Å². The van der Waals surface area contributed by atoms with E-state index in [-0.39, 0.29) is 19.4 Å². The fraction of sp³-hybridized carbons (Fsp3) is 0.409. The van der Waals surface area contributed by atoms with E-state index in [0.717, 1.165) is 10.9 Å². The number of nitrogens with one attached hydrogen (secondary N) is 4. The van der Waals surface area contributed by atoms with Crippen LogP contribution in [0.25, 0.3) is 10.9 Å². The summed E-state index contributed by atoms with van der Waals surface area (Å²) in [6, 6.07) is 3.36. The molecule has 1 aromatic carbocycles. The van der Waals surface area contributed by atoms with Gasteiger partial charge in [-0.25, -0.2) is 4.79 Å². The number of nitrogens with two attached hydrogens (primary N) is 1. The molecule has 13 heteroatoms. The fourth-order valence-electron chi connectivity index (χ4n) is 3.40. The zero-order valence-corrected chi connectivity index (χ0v) is 19.9. The number of aromatic amines is 1. The van der Waals surface area contributed by atoms with Crippen LogP contribution in [0, 0.1) is 0 Å². The molecule has 0 spiro atoms. The lowest BCUT2D eigenvalue weighted by molar-refractivity contribution is -0.143. The summed E-state index contributed by atoms with van der Waals surface area (Å²) in [6.07, 6.45) is 2.83. The van der Waals surface area contributed by atoms with E-state index in [1.807, 2.05) is 24.3 Å². The van der Waals surface area contributed by atoms with Crippen LogP contribution in [0.5, 0.6) is 0 Å². The first-order valence-corrected chi connectivity index (χ1v) is 12.1. The average Bonchev–Trinajstić information content (AvgIpc) is 3.22. The van der Waals surface area contributed by atoms with E-state index in [4.69, 9.17) is 5.73 Å². The third-order valence-electron chi connectivity index (χ3n) is 5.17. The topological polar surface area (TPSA) is 204 Å². The van der Waals surface area contributed by atoms with Gasteiger partial charge in [-0.1, -0.05) is 18.2 Å². The Labute approximate surface area is 205 Å². The van der Waals surface area contributed by atoms with Crippen LogP contribution in [0.2, 0.25) is 0 Å². The molecule has 1 heterocycles. The van der Waals surface area contributed by atoms with Crippen LogP contribution in [0.4, 0.5) is 0 Å². The molecule has 1 aromatic heterocycles. The van der Waals surface area contributed by atoms with Crippen molar-refractivity contribution in [1.82, 2.24) is 20.9 Å². The molecule has 0 saturated carbocycles. The number of carbonyl (C=O) groups excluding carboxylic acids is 3. The van der Waals surface area contributed by atoms with Gasteiger partial charge in [-0.05, 0) is 30.1 Å². The Bertz CT molecular complexity index is 1070. The lowest BCUT2D eigenvalue weighted by atomic mass is 10.0. The van der Waals surface area contributed by atoms with E-state index in [0.29, 0.717) is 11.3 Å². The first kappa shape index (κ1) is 27.7.